The van der Waals surface area contributed by atoms with Gasteiger partial charge in [0.2, 0.25) is 0 Å². The molecule has 0 aliphatic heterocycles. The summed E-state index contributed by atoms with van der Waals surface area (Å²) < 4.78 is 79.4. The fraction of sp³-hybridized carbons (Fsp3) is 0. The summed E-state index contributed by atoms with van der Waals surface area (Å²) in [7, 11) is 0. The van der Waals surface area contributed by atoms with Crippen LogP contribution in [0.15, 0.2) is 85.1 Å². The number of hydrogen-bond acceptors (Lipinski definition) is 7. The number of carboxylic acid groups (broad SMARTS) is 1. The monoisotopic (exact) mass is 811 g/mol. The molecular weight excluding hydrogens is 797 g/mol. The van der Waals surface area contributed by atoms with E-state index in [1.165, 1.54) is 12.3 Å². The number of halogens is 6. The Balaban J connectivity index is 0.000000164. The van der Waals surface area contributed by atoms with Gasteiger partial charge in [0.15, 0.2) is 23.3 Å². The van der Waals surface area contributed by atoms with Gasteiger partial charge in [-0.1, -0.05) is 6.07 Å². The number of fused-ring (bicyclic) bond motifs is 2. The van der Waals surface area contributed by atoms with Gasteiger partial charge in [-0.2, -0.15) is 44.1 Å². The van der Waals surface area contributed by atoms with Gasteiger partial charge in [0.1, 0.15) is 23.0 Å². The molecule has 0 atom stereocenters. The zero-order chi connectivity index (χ0) is 32.1. The second kappa shape index (κ2) is 14.5. The van der Waals surface area contributed by atoms with Crippen LogP contribution < -0.4 is 5.11 Å². The van der Waals surface area contributed by atoms with Crippen LogP contribution in [0.2, 0.25) is 0 Å². The molecular formula is C30H14F6IrN7O2. The van der Waals surface area contributed by atoms with Crippen LogP contribution in [-0.2, 0) is 20.1 Å². The first-order valence-corrected chi connectivity index (χ1v) is 12.5. The van der Waals surface area contributed by atoms with Crippen LogP contribution in [0.1, 0.15) is 10.5 Å². The van der Waals surface area contributed by atoms with Gasteiger partial charge in [-0.05, 0) is 12.1 Å². The Morgan fingerprint density at radius 2 is 1.11 bits per heavy atom. The number of rotatable bonds is 3. The second-order valence-electron chi connectivity index (χ2n) is 8.75. The molecule has 232 valence electrons. The Labute approximate surface area is 268 Å². The van der Waals surface area contributed by atoms with Gasteiger partial charge >= 0.3 is 20.1 Å². The fourth-order valence-corrected chi connectivity index (χ4v) is 3.68. The van der Waals surface area contributed by atoms with E-state index >= 15 is 0 Å². The van der Waals surface area contributed by atoms with Crippen molar-refractivity contribution in [1.82, 2.24) is 35.0 Å². The first-order chi connectivity index (χ1) is 21.6. The zero-order valence-corrected chi connectivity index (χ0v) is 25.0. The standard InChI is InChI=1S/2C12H5F3N3.C6H5NO2.Ir/c2*13-7-5-8(14)12(15)11(6-7)18-16-9-3-1-2-4-10(9)17-18;8-6(9)5-3-1-2-4-7-5;/h2*1,3-6H;1-4H,(H,8,9);/q2*-1;;+3/p-1. The van der Waals surface area contributed by atoms with E-state index in [-0.39, 0.29) is 37.2 Å². The third-order valence-corrected chi connectivity index (χ3v) is 5.70. The quantitative estimate of drug-likeness (QED) is 0.144. The molecule has 16 heteroatoms. The Kier molecular flexibility index (Phi) is 10.6. The van der Waals surface area contributed by atoms with Gasteiger partial charge in [-0.15, -0.1) is 24.3 Å². The number of aromatic nitrogens is 7. The van der Waals surface area contributed by atoms with Crippen molar-refractivity contribution in [2.75, 3.05) is 0 Å². The molecule has 3 aromatic heterocycles. The molecule has 9 nitrogen and oxygen atoms in total. The van der Waals surface area contributed by atoms with E-state index in [2.05, 4.69) is 37.5 Å². The number of pyridine rings is 1. The van der Waals surface area contributed by atoms with Crippen molar-refractivity contribution in [1.29, 1.82) is 0 Å². The van der Waals surface area contributed by atoms with Gasteiger partial charge in [-0.3, -0.25) is 4.98 Å². The fourth-order valence-electron chi connectivity index (χ4n) is 3.68. The molecule has 0 aliphatic carbocycles. The first kappa shape index (κ1) is 33.4. The average molecular weight is 811 g/mol. The smallest absolute Gasteiger partial charge is 0.543 e. The maximum absolute atomic E-state index is 13.5. The average Bonchev–Trinajstić information content (AvgIpc) is 3.66. The molecule has 0 saturated carbocycles. The molecule has 0 radical (unpaired) electrons. The van der Waals surface area contributed by atoms with Crippen LogP contribution in [0.3, 0.4) is 0 Å². The van der Waals surface area contributed by atoms with E-state index in [1.807, 2.05) is 0 Å². The summed E-state index contributed by atoms with van der Waals surface area (Å²) in [6.45, 7) is 0. The molecule has 7 aromatic rings. The van der Waals surface area contributed by atoms with Gasteiger partial charge in [0, 0.05) is 52.5 Å². The SMILES string of the molecule is Fc1cc(F)c(F)c(-n2nc3c[c-]ccc3n2)c1.Fc1cc(F)c(F)c(-n2nc3c[c-]ccc3n2)c1.O=C([O-])c1ccccn1.[Ir+3]. The predicted molar refractivity (Wildman–Crippen MR) is 144 cm³/mol. The molecule has 0 N–H and O–H groups in total. The molecule has 0 fully saturated rings. The molecule has 0 amide bonds. The minimum absolute atomic E-state index is 0. The summed E-state index contributed by atoms with van der Waals surface area (Å²) in [6.07, 6.45) is 1.41. The van der Waals surface area contributed by atoms with E-state index < -0.39 is 40.9 Å². The van der Waals surface area contributed by atoms with E-state index in [4.69, 9.17) is 0 Å². The van der Waals surface area contributed by atoms with E-state index in [9.17, 15) is 36.2 Å². The van der Waals surface area contributed by atoms with Gasteiger partial charge < -0.3 is 9.90 Å². The van der Waals surface area contributed by atoms with Crippen LogP contribution in [0.5, 0.6) is 0 Å². The van der Waals surface area contributed by atoms with Crippen LogP contribution in [0.25, 0.3) is 33.4 Å². The predicted octanol–water partition coefficient (Wildman–Crippen LogP) is 4.72. The first-order valence-electron chi connectivity index (χ1n) is 12.5. The number of carboxylic acids is 1. The van der Waals surface area contributed by atoms with Crippen molar-refractivity contribution in [3.05, 3.63) is 138 Å². The van der Waals surface area contributed by atoms with Crippen LogP contribution in [0, 0.1) is 47.0 Å². The van der Waals surface area contributed by atoms with E-state index in [0.717, 1.165) is 21.7 Å². The number of carbonyl (C=O) groups is 1. The largest absolute Gasteiger partial charge is 3.00 e. The van der Waals surface area contributed by atoms with Crippen LogP contribution >= 0.6 is 0 Å². The van der Waals surface area contributed by atoms with Gasteiger partial charge in [0.05, 0.1) is 11.7 Å². The number of hydrogen-bond donors (Lipinski definition) is 0. The summed E-state index contributed by atoms with van der Waals surface area (Å²) in [6, 6.07) is 22.4. The number of carbonyl (C=O) groups excluding carboxylic acids is 1. The minimum atomic E-state index is -1.28. The summed E-state index contributed by atoms with van der Waals surface area (Å²) in [4.78, 5) is 15.3. The summed E-state index contributed by atoms with van der Waals surface area (Å²) >= 11 is 0. The maximum atomic E-state index is 13.5. The molecule has 0 saturated heterocycles. The molecule has 0 unspecified atom stereocenters. The molecule has 3 heterocycles. The number of aromatic carboxylic acids is 1. The van der Waals surface area contributed by atoms with Crippen molar-refractivity contribution in [2.24, 2.45) is 0 Å². The molecule has 46 heavy (non-hydrogen) atoms. The second-order valence-corrected chi connectivity index (χ2v) is 8.75. The molecule has 0 bridgehead atoms. The third kappa shape index (κ3) is 7.59. The van der Waals surface area contributed by atoms with Crippen molar-refractivity contribution in [3.8, 4) is 11.4 Å². The van der Waals surface area contributed by atoms with E-state index in [0.29, 0.717) is 34.2 Å². The summed E-state index contributed by atoms with van der Waals surface area (Å²) in [5, 5.41) is 25.8. The van der Waals surface area contributed by atoms with Crippen LogP contribution in [-0.4, -0.2) is 40.9 Å². The molecule has 0 aliphatic rings. The number of nitrogens with zero attached hydrogens (tertiary/aromatic N) is 7. The topological polar surface area (TPSA) is 114 Å². The minimum Gasteiger partial charge on any atom is -0.543 e. The van der Waals surface area contributed by atoms with Crippen molar-refractivity contribution in [2.45, 2.75) is 0 Å². The summed E-state index contributed by atoms with van der Waals surface area (Å²) in [5.41, 5.74) is 1.11. The number of benzene rings is 4. The Hall–Kier alpha value is -5.47. The summed E-state index contributed by atoms with van der Waals surface area (Å²) in [5.74, 6) is -7.97. The van der Waals surface area contributed by atoms with Crippen molar-refractivity contribution in [3.63, 3.8) is 0 Å². The Morgan fingerprint density at radius 1 is 0.652 bits per heavy atom. The molecule has 7 rings (SSSR count). The Morgan fingerprint density at radius 3 is 1.48 bits per heavy atom. The molecule has 4 aromatic carbocycles. The Bertz CT molecular complexity index is 1950. The maximum Gasteiger partial charge on any atom is 3.00 e. The normalized spacial score (nSPS) is 10.4. The van der Waals surface area contributed by atoms with Crippen molar-refractivity contribution >= 4 is 28.0 Å². The third-order valence-electron chi connectivity index (χ3n) is 5.70. The zero-order valence-electron chi connectivity index (χ0n) is 22.6. The van der Waals surface area contributed by atoms with E-state index in [1.54, 1.807) is 48.5 Å². The van der Waals surface area contributed by atoms with Crippen molar-refractivity contribution < 1.29 is 56.3 Å². The van der Waals surface area contributed by atoms with Crippen LogP contribution in [0.4, 0.5) is 26.3 Å². The molecule has 0 spiro atoms. The van der Waals surface area contributed by atoms with Gasteiger partial charge in [-0.25, -0.2) is 36.5 Å². The van der Waals surface area contributed by atoms with Gasteiger partial charge in [0.25, 0.3) is 0 Å².